The van der Waals surface area contributed by atoms with Crippen LogP contribution in [-0.2, 0) is 13.0 Å². The smallest absolute Gasteiger partial charge is 0.200 e. The van der Waals surface area contributed by atoms with E-state index in [1.54, 1.807) is 24.3 Å². The number of likely N-dealkylation sites (tertiary alicyclic amines) is 1. The van der Waals surface area contributed by atoms with Crippen LogP contribution in [0.4, 0.5) is 4.39 Å². The van der Waals surface area contributed by atoms with Crippen LogP contribution in [0.3, 0.4) is 0 Å². The molecule has 5 nitrogen and oxygen atoms in total. The van der Waals surface area contributed by atoms with Gasteiger partial charge in [-0.15, -0.1) is 0 Å². The molecule has 1 unspecified atom stereocenters. The quantitative estimate of drug-likeness (QED) is 0.771. The molecule has 0 amide bonds. The Hall–Kier alpha value is -2.60. The normalized spacial score (nSPS) is 22.2. The number of Topliss-reactive ketones (excluding diaryl/α,β-unsaturated/α-hetero) is 1. The summed E-state index contributed by atoms with van der Waals surface area (Å²) in [5, 5.41) is 9.41. The van der Waals surface area contributed by atoms with E-state index in [9.17, 15) is 9.90 Å². The number of phenolic OH excluding ortho intramolecular Hbond substituents is 1. The number of ether oxygens (including phenoxy) is 2. The summed E-state index contributed by atoms with van der Waals surface area (Å²) in [4.78, 5) is 15.2. The second kappa shape index (κ2) is 8.26. The highest BCUT2D eigenvalue weighted by molar-refractivity contribution is 6.07. The molecule has 4 rings (SSSR count). The second-order valence-corrected chi connectivity index (χ2v) is 8.43. The number of carbonyl (C=O) groups is 1. The number of piperidine rings is 1. The molecule has 1 saturated heterocycles. The molecular weight excluding hydrogens is 385 g/mol. The average Bonchev–Trinajstić information content (AvgIpc) is 2.99. The minimum atomic E-state index is -1.84. The van der Waals surface area contributed by atoms with Crippen LogP contribution < -0.4 is 9.47 Å². The Labute approximate surface area is 176 Å². The van der Waals surface area contributed by atoms with E-state index >= 15 is 4.39 Å². The van der Waals surface area contributed by atoms with Crippen molar-refractivity contribution >= 4 is 5.78 Å². The summed E-state index contributed by atoms with van der Waals surface area (Å²) in [6.45, 7) is 2.58. The highest BCUT2D eigenvalue weighted by Gasteiger charge is 2.48. The molecule has 1 heterocycles. The van der Waals surface area contributed by atoms with Gasteiger partial charge in [0.05, 0.1) is 14.2 Å². The fourth-order valence-electron chi connectivity index (χ4n) is 4.73. The number of halogens is 1. The van der Waals surface area contributed by atoms with Gasteiger partial charge in [-0.25, -0.2) is 4.39 Å². The Bertz CT molecular complexity index is 922. The van der Waals surface area contributed by atoms with Crippen molar-refractivity contribution in [3.63, 3.8) is 0 Å². The minimum absolute atomic E-state index is 0.106. The molecule has 0 saturated carbocycles. The topological polar surface area (TPSA) is 59.0 Å². The molecular formula is C24H28FNO4. The van der Waals surface area contributed by atoms with Crippen LogP contribution in [0.5, 0.6) is 17.2 Å². The fraction of sp³-hybridized carbons (Fsp3) is 0.458. The Morgan fingerprint density at radius 2 is 1.73 bits per heavy atom. The van der Waals surface area contributed by atoms with E-state index in [0.29, 0.717) is 22.6 Å². The summed E-state index contributed by atoms with van der Waals surface area (Å²) >= 11 is 0. The molecule has 2 aromatic carbocycles. The van der Waals surface area contributed by atoms with Gasteiger partial charge in [-0.1, -0.05) is 12.1 Å². The molecule has 6 heteroatoms. The number of carbonyl (C=O) groups excluding carboxylic acids is 1. The molecule has 0 radical (unpaired) electrons. The van der Waals surface area contributed by atoms with Crippen LogP contribution in [0.2, 0.25) is 0 Å². The number of alkyl halides is 1. The zero-order valence-electron chi connectivity index (χ0n) is 17.5. The van der Waals surface area contributed by atoms with E-state index in [4.69, 9.17) is 9.47 Å². The Balaban J connectivity index is 1.37. The Morgan fingerprint density at radius 1 is 1.10 bits per heavy atom. The first-order valence-electron chi connectivity index (χ1n) is 10.4. The van der Waals surface area contributed by atoms with Crippen molar-refractivity contribution in [3.8, 4) is 17.2 Å². The number of benzene rings is 2. The van der Waals surface area contributed by atoms with Crippen molar-refractivity contribution in [1.29, 1.82) is 0 Å². The lowest BCUT2D eigenvalue weighted by Crippen LogP contribution is -2.38. The van der Waals surface area contributed by atoms with Gasteiger partial charge in [-0.2, -0.15) is 0 Å². The second-order valence-electron chi connectivity index (χ2n) is 8.43. The number of nitrogens with zero attached hydrogens (tertiary/aromatic N) is 1. The van der Waals surface area contributed by atoms with Gasteiger partial charge in [0.25, 0.3) is 0 Å². The molecule has 1 aliphatic carbocycles. The number of fused-ring (bicyclic) bond motifs is 1. The molecule has 1 atom stereocenters. The third-order valence-corrected chi connectivity index (χ3v) is 6.39. The van der Waals surface area contributed by atoms with E-state index in [2.05, 4.69) is 4.90 Å². The van der Waals surface area contributed by atoms with Gasteiger partial charge in [-0.3, -0.25) is 9.69 Å². The van der Waals surface area contributed by atoms with Crippen LogP contribution in [-0.4, -0.2) is 48.8 Å². The molecule has 1 N–H and O–H groups in total. The number of aromatic hydroxyl groups is 1. The van der Waals surface area contributed by atoms with Crippen molar-refractivity contribution in [3.05, 3.63) is 53.1 Å². The third-order valence-electron chi connectivity index (χ3n) is 6.39. The Morgan fingerprint density at radius 3 is 2.37 bits per heavy atom. The number of hydrogen-bond donors (Lipinski definition) is 1. The zero-order chi connectivity index (χ0) is 21.3. The van der Waals surface area contributed by atoms with Crippen molar-refractivity contribution in [2.45, 2.75) is 37.9 Å². The molecule has 160 valence electrons. The number of ketones is 1. The first-order chi connectivity index (χ1) is 14.4. The standard InChI is InChI=1S/C24H28FNO4/c1-29-21-11-18-14-24(25,23(28)20(18)12-22(21)30-2)13-16-7-9-26(10-8-16)15-17-3-5-19(27)6-4-17/h3-6,11-12,16,27H,7-10,13-15H2,1-2H3. The van der Waals surface area contributed by atoms with Gasteiger partial charge in [0.2, 0.25) is 5.78 Å². The van der Waals surface area contributed by atoms with Crippen molar-refractivity contribution in [2.75, 3.05) is 27.3 Å². The summed E-state index contributed by atoms with van der Waals surface area (Å²) in [6, 6.07) is 10.6. The van der Waals surface area contributed by atoms with E-state index < -0.39 is 11.5 Å². The summed E-state index contributed by atoms with van der Waals surface area (Å²) in [5.41, 5.74) is 0.422. The van der Waals surface area contributed by atoms with Crippen molar-refractivity contribution < 1.29 is 23.8 Å². The minimum Gasteiger partial charge on any atom is -0.508 e. The zero-order valence-corrected chi connectivity index (χ0v) is 17.5. The van der Waals surface area contributed by atoms with Crippen LogP contribution in [0.15, 0.2) is 36.4 Å². The molecule has 0 aromatic heterocycles. The fourth-order valence-corrected chi connectivity index (χ4v) is 4.73. The van der Waals surface area contributed by atoms with Crippen LogP contribution in [0.25, 0.3) is 0 Å². The lowest BCUT2D eigenvalue weighted by Gasteiger charge is -2.34. The SMILES string of the molecule is COc1cc2c(cc1OC)C(=O)C(F)(CC1CCN(Cc3ccc(O)cc3)CC1)C2. The number of rotatable bonds is 6. The number of methoxy groups -OCH3 is 2. The first-order valence-corrected chi connectivity index (χ1v) is 10.4. The molecule has 0 bridgehead atoms. The maximum atomic E-state index is 15.8. The third kappa shape index (κ3) is 4.01. The predicted octanol–water partition coefficient (Wildman–Crippen LogP) is 4.16. The van der Waals surface area contributed by atoms with Gasteiger partial charge < -0.3 is 14.6 Å². The highest BCUT2D eigenvalue weighted by atomic mass is 19.1. The van der Waals surface area contributed by atoms with Crippen molar-refractivity contribution in [2.24, 2.45) is 5.92 Å². The van der Waals surface area contributed by atoms with E-state index in [1.165, 1.54) is 14.2 Å². The van der Waals surface area contributed by atoms with Gasteiger partial charge in [-0.05, 0) is 73.7 Å². The van der Waals surface area contributed by atoms with Crippen LogP contribution >= 0.6 is 0 Å². The molecule has 2 aliphatic rings. The van der Waals surface area contributed by atoms with Gasteiger partial charge >= 0.3 is 0 Å². The van der Waals surface area contributed by atoms with E-state index in [-0.39, 0.29) is 24.5 Å². The molecule has 0 spiro atoms. The van der Waals surface area contributed by atoms with E-state index in [0.717, 1.165) is 38.0 Å². The lowest BCUT2D eigenvalue weighted by atomic mass is 9.83. The summed E-state index contributed by atoms with van der Waals surface area (Å²) in [6.07, 6.45) is 2.12. The predicted molar refractivity (Wildman–Crippen MR) is 112 cm³/mol. The maximum absolute atomic E-state index is 15.8. The molecule has 2 aromatic rings. The molecule has 1 aliphatic heterocycles. The van der Waals surface area contributed by atoms with E-state index in [1.807, 2.05) is 12.1 Å². The van der Waals surface area contributed by atoms with Crippen molar-refractivity contribution in [1.82, 2.24) is 4.90 Å². The largest absolute Gasteiger partial charge is 0.508 e. The first kappa shape index (κ1) is 20.7. The molecule has 30 heavy (non-hydrogen) atoms. The Kier molecular flexibility index (Phi) is 5.69. The monoisotopic (exact) mass is 413 g/mol. The summed E-state index contributed by atoms with van der Waals surface area (Å²) in [7, 11) is 3.05. The van der Waals surface area contributed by atoms with Gasteiger partial charge in [0.1, 0.15) is 5.75 Å². The molecule has 1 fully saturated rings. The summed E-state index contributed by atoms with van der Waals surface area (Å²) < 4.78 is 26.3. The maximum Gasteiger partial charge on any atom is 0.200 e. The number of hydrogen-bond acceptors (Lipinski definition) is 5. The lowest BCUT2D eigenvalue weighted by molar-refractivity contribution is 0.0587. The number of phenols is 1. The van der Waals surface area contributed by atoms with Gasteiger partial charge in [0, 0.05) is 18.5 Å². The van der Waals surface area contributed by atoms with Gasteiger partial charge in [0.15, 0.2) is 17.2 Å². The average molecular weight is 413 g/mol. The van der Waals surface area contributed by atoms with Crippen LogP contribution in [0.1, 0.15) is 40.7 Å². The highest BCUT2D eigenvalue weighted by Crippen LogP contribution is 2.43. The summed E-state index contributed by atoms with van der Waals surface area (Å²) in [5.74, 6) is 1.01. The van der Waals surface area contributed by atoms with Crippen LogP contribution in [0, 0.1) is 5.92 Å².